The lowest BCUT2D eigenvalue weighted by atomic mass is 9.87. The van der Waals surface area contributed by atoms with Gasteiger partial charge in [-0.2, -0.15) is 0 Å². The van der Waals surface area contributed by atoms with Crippen molar-refractivity contribution in [1.82, 2.24) is 9.38 Å². The molecule has 8 aromatic rings. The van der Waals surface area contributed by atoms with E-state index in [-0.39, 0.29) is 0 Å². The van der Waals surface area contributed by atoms with E-state index in [1.807, 2.05) is 0 Å². The van der Waals surface area contributed by atoms with Gasteiger partial charge in [-0.15, -0.1) is 0 Å². The molecule has 2 heterocycles. The molecule has 0 fully saturated rings. The van der Waals surface area contributed by atoms with Crippen molar-refractivity contribution in [3.8, 4) is 44.5 Å². The fraction of sp³-hybridized carbons (Fsp3) is 0. The van der Waals surface area contributed by atoms with Gasteiger partial charge in [-0.3, -0.25) is 4.40 Å². The first-order chi connectivity index (χ1) is 20.3. The van der Waals surface area contributed by atoms with Crippen molar-refractivity contribution in [3.05, 3.63) is 158 Å². The second-order valence-electron chi connectivity index (χ2n) is 10.4. The Morgan fingerprint density at radius 3 is 1.44 bits per heavy atom. The van der Waals surface area contributed by atoms with Crippen molar-refractivity contribution < 1.29 is 0 Å². The van der Waals surface area contributed by atoms with Gasteiger partial charge in [-0.05, 0) is 56.5 Å². The van der Waals surface area contributed by atoms with Gasteiger partial charge in [0.15, 0.2) is 0 Å². The first-order valence-corrected chi connectivity index (χ1v) is 14.0. The van der Waals surface area contributed by atoms with E-state index >= 15 is 0 Å². The Kier molecular flexibility index (Phi) is 5.49. The summed E-state index contributed by atoms with van der Waals surface area (Å²) in [4.78, 5) is 5.15. The Balaban J connectivity index is 1.44. The number of rotatable bonds is 4. The van der Waals surface area contributed by atoms with E-state index in [1.54, 1.807) is 0 Å². The van der Waals surface area contributed by atoms with Crippen LogP contribution in [-0.4, -0.2) is 9.38 Å². The highest BCUT2D eigenvalue weighted by Gasteiger charge is 2.21. The molecule has 0 saturated carbocycles. The minimum absolute atomic E-state index is 0.950. The first kappa shape index (κ1) is 23.4. The summed E-state index contributed by atoms with van der Waals surface area (Å²) in [6.07, 6.45) is 2.13. The van der Waals surface area contributed by atoms with E-state index in [2.05, 4.69) is 162 Å². The van der Waals surface area contributed by atoms with Crippen molar-refractivity contribution in [1.29, 1.82) is 0 Å². The molecular formula is C39H26N2. The van der Waals surface area contributed by atoms with Crippen molar-refractivity contribution in [3.63, 3.8) is 0 Å². The molecular weight excluding hydrogens is 496 g/mol. The molecule has 0 N–H and O–H groups in total. The lowest BCUT2D eigenvalue weighted by Crippen LogP contribution is -1.94. The zero-order valence-corrected chi connectivity index (χ0v) is 22.4. The molecule has 41 heavy (non-hydrogen) atoms. The van der Waals surface area contributed by atoms with Crippen LogP contribution in [0.3, 0.4) is 0 Å². The van der Waals surface area contributed by atoms with Gasteiger partial charge < -0.3 is 0 Å². The van der Waals surface area contributed by atoms with Crippen molar-refractivity contribution in [2.24, 2.45) is 0 Å². The highest BCUT2D eigenvalue weighted by molar-refractivity contribution is 6.20. The lowest BCUT2D eigenvalue weighted by molar-refractivity contribution is 1.23. The number of aromatic nitrogens is 2. The Labute approximate surface area is 238 Å². The predicted octanol–water partition coefficient (Wildman–Crippen LogP) is 10.3. The minimum Gasteiger partial charge on any atom is -0.299 e. The smallest absolute Gasteiger partial charge is 0.137 e. The van der Waals surface area contributed by atoms with Crippen LogP contribution in [0.15, 0.2) is 158 Å². The third kappa shape index (κ3) is 3.92. The zero-order chi connectivity index (χ0) is 27.2. The van der Waals surface area contributed by atoms with Gasteiger partial charge in [0.05, 0.1) is 11.0 Å². The SMILES string of the molecule is c1ccc(-c2ccc(-c3c(-c4ccc(-c5ccccc5)cc4)c4c(nc5ccccn54)c4ccccc34)cc2)cc1. The van der Waals surface area contributed by atoms with E-state index < -0.39 is 0 Å². The molecule has 2 heteroatoms. The Morgan fingerprint density at radius 1 is 0.366 bits per heavy atom. The van der Waals surface area contributed by atoms with Gasteiger partial charge in [0.25, 0.3) is 0 Å². The molecule has 0 atom stereocenters. The molecule has 0 aliphatic heterocycles. The third-order valence-corrected chi connectivity index (χ3v) is 8.03. The van der Waals surface area contributed by atoms with Crippen molar-refractivity contribution in [2.45, 2.75) is 0 Å². The van der Waals surface area contributed by atoms with Gasteiger partial charge >= 0.3 is 0 Å². The summed E-state index contributed by atoms with van der Waals surface area (Å²) >= 11 is 0. The fourth-order valence-corrected chi connectivity index (χ4v) is 6.08. The normalized spacial score (nSPS) is 11.4. The topological polar surface area (TPSA) is 17.3 Å². The van der Waals surface area contributed by atoms with Gasteiger partial charge in [0, 0.05) is 17.1 Å². The van der Waals surface area contributed by atoms with Crippen LogP contribution in [0.1, 0.15) is 0 Å². The summed E-state index contributed by atoms with van der Waals surface area (Å²) in [5, 5.41) is 2.37. The molecule has 0 aliphatic rings. The van der Waals surface area contributed by atoms with E-state index in [9.17, 15) is 0 Å². The van der Waals surface area contributed by atoms with Crippen LogP contribution in [0, 0.1) is 0 Å². The molecule has 0 radical (unpaired) electrons. The van der Waals surface area contributed by atoms with E-state index in [0.29, 0.717) is 0 Å². The van der Waals surface area contributed by atoms with Crippen LogP contribution in [0.5, 0.6) is 0 Å². The number of nitrogens with zero attached hydrogens (tertiary/aromatic N) is 2. The molecule has 2 aromatic heterocycles. The third-order valence-electron chi connectivity index (χ3n) is 8.03. The second-order valence-corrected chi connectivity index (χ2v) is 10.4. The summed E-state index contributed by atoms with van der Waals surface area (Å²) < 4.78 is 2.24. The quantitative estimate of drug-likeness (QED) is 0.225. The highest BCUT2D eigenvalue weighted by atomic mass is 15.0. The Bertz CT molecular complexity index is 2160. The molecule has 0 unspecified atom stereocenters. The number of fused-ring (bicyclic) bond motifs is 5. The molecule has 0 saturated heterocycles. The summed E-state index contributed by atoms with van der Waals surface area (Å²) in [5.41, 5.74) is 12.8. The molecule has 8 rings (SSSR count). The van der Waals surface area contributed by atoms with Gasteiger partial charge in [-0.1, -0.05) is 140 Å². The van der Waals surface area contributed by atoms with Crippen LogP contribution >= 0.6 is 0 Å². The number of pyridine rings is 1. The molecule has 6 aromatic carbocycles. The average molecular weight is 523 g/mol. The minimum atomic E-state index is 0.950. The second kappa shape index (κ2) is 9.62. The molecule has 0 amide bonds. The maximum atomic E-state index is 5.15. The largest absolute Gasteiger partial charge is 0.299 e. The van der Waals surface area contributed by atoms with Crippen molar-refractivity contribution in [2.75, 3.05) is 0 Å². The average Bonchev–Trinajstić information content (AvgIpc) is 3.45. The highest BCUT2D eigenvalue weighted by Crippen LogP contribution is 2.45. The lowest BCUT2D eigenvalue weighted by Gasteiger charge is -2.17. The summed E-state index contributed by atoms with van der Waals surface area (Å²) in [5.74, 6) is 0. The van der Waals surface area contributed by atoms with Gasteiger partial charge in [0.2, 0.25) is 0 Å². The van der Waals surface area contributed by atoms with Gasteiger partial charge in [-0.25, -0.2) is 4.98 Å². The maximum Gasteiger partial charge on any atom is 0.137 e. The monoisotopic (exact) mass is 522 g/mol. The molecule has 192 valence electrons. The van der Waals surface area contributed by atoms with Crippen LogP contribution in [0.4, 0.5) is 0 Å². The van der Waals surface area contributed by atoms with Crippen LogP contribution in [0.25, 0.3) is 72.0 Å². The van der Waals surface area contributed by atoms with E-state index in [4.69, 9.17) is 4.98 Å². The Morgan fingerprint density at radius 2 is 0.829 bits per heavy atom. The number of hydrogen-bond donors (Lipinski definition) is 0. The van der Waals surface area contributed by atoms with Crippen LogP contribution in [0.2, 0.25) is 0 Å². The first-order valence-electron chi connectivity index (χ1n) is 14.0. The van der Waals surface area contributed by atoms with E-state index in [1.165, 1.54) is 49.9 Å². The van der Waals surface area contributed by atoms with E-state index in [0.717, 1.165) is 22.1 Å². The molecule has 2 nitrogen and oxygen atoms in total. The predicted molar refractivity (Wildman–Crippen MR) is 172 cm³/mol. The maximum absolute atomic E-state index is 5.15. The van der Waals surface area contributed by atoms with Crippen molar-refractivity contribution >= 4 is 27.5 Å². The summed E-state index contributed by atoms with van der Waals surface area (Å²) in [6, 6.07) is 54.0. The zero-order valence-electron chi connectivity index (χ0n) is 22.4. The number of hydrogen-bond acceptors (Lipinski definition) is 1. The molecule has 0 bridgehead atoms. The summed E-state index contributed by atoms with van der Waals surface area (Å²) in [7, 11) is 0. The van der Waals surface area contributed by atoms with Crippen LogP contribution < -0.4 is 0 Å². The number of benzene rings is 6. The Hall–Kier alpha value is -5.47. The standard InChI is InChI=1S/C39H26N2/c1-3-11-27(12-4-1)29-18-22-31(23-19-29)36-33-15-7-8-16-34(33)38-39(41-26-10-9-17-35(41)40-38)37(36)32-24-20-30(21-25-32)28-13-5-2-6-14-28/h1-26H. The summed E-state index contributed by atoms with van der Waals surface area (Å²) in [6.45, 7) is 0. The molecule has 0 aliphatic carbocycles. The van der Waals surface area contributed by atoms with Crippen LogP contribution in [-0.2, 0) is 0 Å². The van der Waals surface area contributed by atoms with Gasteiger partial charge in [0.1, 0.15) is 5.65 Å². The molecule has 0 spiro atoms. The number of imidazole rings is 1. The fourth-order valence-electron chi connectivity index (χ4n) is 6.08.